The number of nitrogens with zero attached hydrogens (tertiary/aromatic N) is 1. The lowest BCUT2D eigenvalue weighted by molar-refractivity contribution is -0.119. The summed E-state index contributed by atoms with van der Waals surface area (Å²) in [6, 6.07) is 9.14. The molecule has 0 spiro atoms. The summed E-state index contributed by atoms with van der Waals surface area (Å²) in [5.41, 5.74) is 2.35. The van der Waals surface area contributed by atoms with Gasteiger partial charge in [0.05, 0.1) is 18.9 Å². The molecule has 0 bridgehead atoms. The van der Waals surface area contributed by atoms with Crippen LogP contribution < -0.4 is 19.1 Å². The van der Waals surface area contributed by atoms with Crippen molar-refractivity contribution in [2.24, 2.45) is 5.92 Å². The van der Waals surface area contributed by atoms with Gasteiger partial charge in [-0.05, 0) is 74.9 Å². The fraction of sp³-hybridized carbons (Fsp3) is 0.458. The van der Waals surface area contributed by atoms with Crippen LogP contribution in [0.5, 0.6) is 11.5 Å². The van der Waals surface area contributed by atoms with E-state index in [2.05, 4.69) is 20.7 Å². The van der Waals surface area contributed by atoms with Crippen LogP contribution in [-0.4, -0.2) is 40.6 Å². The first kappa shape index (κ1) is 24.0. The summed E-state index contributed by atoms with van der Waals surface area (Å²) in [6.45, 7) is 5.62. The Labute approximate surface area is 203 Å². The summed E-state index contributed by atoms with van der Waals surface area (Å²) in [5, 5.41) is 0. The van der Waals surface area contributed by atoms with Crippen LogP contribution in [-0.2, 0) is 27.7 Å². The van der Waals surface area contributed by atoms with E-state index in [0.717, 1.165) is 24.0 Å². The molecule has 0 aromatic heterocycles. The minimum atomic E-state index is -3.82. The van der Waals surface area contributed by atoms with Gasteiger partial charge >= 0.3 is 0 Å². The molecule has 0 saturated heterocycles. The van der Waals surface area contributed by atoms with Crippen molar-refractivity contribution in [1.82, 2.24) is 4.72 Å². The van der Waals surface area contributed by atoms with Crippen molar-refractivity contribution in [2.45, 2.75) is 44.4 Å². The molecule has 0 unspecified atom stereocenters. The van der Waals surface area contributed by atoms with Crippen LogP contribution in [0.15, 0.2) is 39.7 Å². The molecule has 1 saturated carbocycles. The van der Waals surface area contributed by atoms with Gasteiger partial charge < -0.3 is 14.4 Å². The predicted molar refractivity (Wildman–Crippen MR) is 131 cm³/mol. The van der Waals surface area contributed by atoms with Gasteiger partial charge in [-0.1, -0.05) is 22.0 Å². The number of rotatable bonds is 10. The van der Waals surface area contributed by atoms with Crippen LogP contribution in [0, 0.1) is 5.92 Å². The third-order valence-corrected chi connectivity index (χ3v) is 7.72. The summed E-state index contributed by atoms with van der Waals surface area (Å²) >= 11 is 3.43. The van der Waals surface area contributed by atoms with Crippen molar-refractivity contribution in [3.8, 4) is 11.5 Å². The van der Waals surface area contributed by atoms with Gasteiger partial charge in [-0.25, -0.2) is 13.1 Å². The third kappa shape index (κ3) is 5.36. The first-order chi connectivity index (χ1) is 15.8. The lowest BCUT2D eigenvalue weighted by Gasteiger charge is -2.21. The SMILES string of the molecule is CCOc1ccc(CCNS(=O)(=O)c2cc(Br)cc3c2N(C(=O)C2CC2)CC3)cc1OCC. The molecular weight excluding hydrogens is 508 g/mol. The number of nitrogens with one attached hydrogen (secondary N) is 1. The molecule has 1 amide bonds. The molecule has 0 radical (unpaired) electrons. The number of hydrogen-bond acceptors (Lipinski definition) is 5. The van der Waals surface area contributed by atoms with E-state index in [9.17, 15) is 13.2 Å². The summed E-state index contributed by atoms with van der Waals surface area (Å²) in [7, 11) is -3.82. The molecule has 2 aromatic carbocycles. The zero-order chi connectivity index (χ0) is 23.6. The van der Waals surface area contributed by atoms with Gasteiger partial charge in [-0.15, -0.1) is 0 Å². The number of amides is 1. The largest absolute Gasteiger partial charge is 0.490 e. The fourth-order valence-corrected chi connectivity index (χ4v) is 6.06. The van der Waals surface area contributed by atoms with Crippen molar-refractivity contribution in [3.05, 3.63) is 45.9 Å². The number of hydrogen-bond donors (Lipinski definition) is 1. The minimum Gasteiger partial charge on any atom is -0.490 e. The van der Waals surface area contributed by atoms with Gasteiger partial charge in [0.2, 0.25) is 15.9 Å². The molecule has 1 aliphatic carbocycles. The van der Waals surface area contributed by atoms with Crippen molar-refractivity contribution in [2.75, 3.05) is 31.2 Å². The molecular formula is C24H29BrN2O5S. The van der Waals surface area contributed by atoms with E-state index in [4.69, 9.17) is 9.47 Å². The van der Waals surface area contributed by atoms with Gasteiger partial charge in [0, 0.05) is 23.5 Å². The molecule has 178 valence electrons. The Balaban J connectivity index is 1.51. The summed E-state index contributed by atoms with van der Waals surface area (Å²) < 4.78 is 41.2. The summed E-state index contributed by atoms with van der Waals surface area (Å²) in [4.78, 5) is 14.6. The van der Waals surface area contributed by atoms with Gasteiger partial charge in [0.25, 0.3) is 0 Å². The maximum absolute atomic E-state index is 13.3. The number of ether oxygens (including phenoxy) is 2. The lowest BCUT2D eigenvalue weighted by Crippen LogP contribution is -2.33. The van der Waals surface area contributed by atoms with Crippen LogP contribution in [0.1, 0.15) is 37.8 Å². The van der Waals surface area contributed by atoms with Crippen LogP contribution >= 0.6 is 15.9 Å². The number of carbonyl (C=O) groups excluding carboxylic acids is 1. The molecule has 9 heteroatoms. The Morgan fingerprint density at radius 1 is 1.12 bits per heavy atom. The van der Waals surface area contributed by atoms with E-state index in [1.807, 2.05) is 38.1 Å². The highest BCUT2D eigenvalue weighted by atomic mass is 79.9. The predicted octanol–water partition coefficient (Wildman–Crippen LogP) is 4.07. The summed E-state index contributed by atoms with van der Waals surface area (Å²) in [6.07, 6.45) is 2.91. The van der Waals surface area contributed by atoms with Crippen molar-refractivity contribution >= 4 is 37.5 Å². The molecule has 1 heterocycles. The van der Waals surface area contributed by atoms with Gasteiger partial charge in [0.1, 0.15) is 4.90 Å². The van der Waals surface area contributed by atoms with E-state index in [1.54, 1.807) is 11.0 Å². The monoisotopic (exact) mass is 536 g/mol. The number of sulfonamides is 1. The zero-order valence-electron chi connectivity index (χ0n) is 18.9. The number of halogens is 1. The summed E-state index contributed by atoms with van der Waals surface area (Å²) in [5.74, 6) is 1.39. The second-order valence-electron chi connectivity index (χ2n) is 8.22. The first-order valence-corrected chi connectivity index (χ1v) is 13.6. The molecule has 7 nitrogen and oxygen atoms in total. The van der Waals surface area contributed by atoms with E-state index < -0.39 is 10.0 Å². The van der Waals surface area contributed by atoms with E-state index >= 15 is 0 Å². The first-order valence-electron chi connectivity index (χ1n) is 11.4. The molecule has 2 aromatic rings. The molecule has 2 aliphatic rings. The Hall–Kier alpha value is -2.10. The Morgan fingerprint density at radius 3 is 2.55 bits per heavy atom. The standard InChI is InChI=1S/C24H29BrN2O5S/c1-3-31-20-8-5-16(13-21(20)32-4-2)9-11-26-33(29,30)22-15-19(25)14-18-10-12-27(23(18)22)24(28)17-6-7-17/h5,8,13-15,17,26H,3-4,6-7,9-12H2,1-2H3. The van der Waals surface area contributed by atoms with Crippen molar-refractivity contribution in [3.63, 3.8) is 0 Å². The topological polar surface area (TPSA) is 84.9 Å². The van der Waals surface area contributed by atoms with Crippen LogP contribution in [0.4, 0.5) is 5.69 Å². The normalized spacial score (nSPS) is 15.4. The highest BCUT2D eigenvalue weighted by Crippen LogP contribution is 2.41. The van der Waals surface area contributed by atoms with E-state index in [1.165, 1.54) is 0 Å². The second-order valence-corrected chi connectivity index (χ2v) is 10.9. The third-order valence-electron chi connectivity index (χ3n) is 5.79. The molecule has 1 aliphatic heterocycles. The quantitative estimate of drug-likeness (QED) is 0.494. The Kier molecular flexibility index (Phi) is 7.31. The number of benzene rings is 2. The average molecular weight is 537 g/mol. The molecule has 4 rings (SSSR count). The second kappa shape index (κ2) is 10.0. The molecule has 33 heavy (non-hydrogen) atoms. The smallest absolute Gasteiger partial charge is 0.242 e. The Bertz CT molecular complexity index is 1150. The maximum Gasteiger partial charge on any atom is 0.242 e. The number of anilines is 1. The maximum atomic E-state index is 13.3. The molecule has 0 atom stereocenters. The van der Waals surface area contributed by atoms with Crippen LogP contribution in [0.25, 0.3) is 0 Å². The highest BCUT2D eigenvalue weighted by molar-refractivity contribution is 9.10. The fourth-order valence-electron chi connectivity index (χ4n) is 4.10. The van der Waals surface area contributed by atoms with Gasteiger partial charge in [-0.2, -0.15) is 0 Å². The van der Waals surface area contributed by atoms with Gasteiger partial charge in [0.15, 0.2) is 11.5 Å². The van der Waals surface area contributed by atoms with Crippen molar-refractivity contribution in [1.29, 1.82) is 0 Å². The number of carbonyl (C=O) groups is 1. The highest BCUT2D eigenvalue weighted by Gasteiger charge is 2.39. The van der Waals surface area contributed by atoms with Crippen LogP contribution in [0.3, 0.4) is 0 Å². The van der Waals surface area contributed by atoms with Crippen molar-refractivity contribution < 1.29 is 22.7 Å². The Morgan fingerprint density at radius 2 is 1.85 bits per heavy atom. The molecule has 1 N–H and O–H groups in total. The zero-order valence-corrected chi connectivity index (χ0v) is 21.3. The number of fused-ring (bicyclic) bond motifs is 1. The average Bonchev–Trinajstić information content (AvgIpc) is 3.54. The molecule has 1 fully saturated rings. The van der Waals surface area contributed by atoms with E-state index in [-0.39, 0.29) is 23.3 Å². The lowest BCUT2D eigenvalue weighted by atomic mass is 10.1. The minimum absolute atomic E-state index is 0.0299. The van der Waals surface area contributed by atoms with E-state index in [0.29, 0.717) is 54.3 Å². The van der Waals surface area contributed by atoms with Crippen LogP contribution in [0.2, 0.25) is 0 Å². The van der Waals surface area contributed by atoms with Gasteiger partial charge in [-0.3, -0.25) is 4.79 Å².